The second-order valence-electron chi connectivity index (χ2n) is 13.5. The molecule has 0 aromatic carbocycles. The number of hydrogen-bond acceptors (Lipinski definition) is 8. The molecule has 0 saturated carbocycles. The zero-order valence-corrected chi connectivity index (χ0v) is 27.9. The van der Waals surface area contributed by atoms with E-state index >= 15 is 0 Å². The van der Waals surface area contributed by atoms with E-state index in [2.05, 4.69) is 39.8 Å². The van der Waals surface area contributed by atoms with E-state index in [4.69, 9.17) is 12.6 Å². The average molecular weight is 642 g/mol. The minimum Gasteiger partial charge on any atom is -0.481 e. The Bertz CT molecular complexity index is 1510. The van der Waals surface area contributed by atoms with E-state index in [0.717, 1.165) is 50.6 Å². The van der Waals surface area contributed by atoms with Gasteiger partial charge in [-0.3, -0.25) is 25.0 Å². The number of aromatic amines is 1. The number of carbonyl (C=O) groups is 3. The smallest absolute Gasteiger partial charge is 0.303 e. The van der Waals surface area contributed by atoms with Gasteiger partial charge in [0.25, 0.3) is 5.91 Å². The lowest BCUT2D eigenvalue weighted by atomic mass is 9.82. The first-order valence-corrected chi connectivity index (χ1v) is 16.5. The molecule has 4 aliphatic rings. The van der Waals surface area contributed by atoms with Crippen LogP contribution in [0, 0.1) is 18.8 Å². The molecule has 1 aromatic heterocycles. The van der Waals surface area contributed by atoms with E-state index in [-0.39, 0.29) is 41.9 Å². The molecule has 0 spiro atoms. The minimum atomic E-state index is -0.883. The number of aromatic nitrogens is 1. The molecule has 7 N–H and O–H groups in total. The number of nitrogens with one attached hydrogen (secondary N) is 4. The van der Waals surface area contributed by atoms with E-state index in [1.165, 1.54) is 0 Å². The fourth-order valence-corrected chi connectivity index (χ4v) is 8.65. The highest BCUT2D eigenvalue weighted by Crippen LogP contribution is 2.54. The Balaban J connectivity index is 1.47. The molecule has 5 heterocycles. The van der Waals surface area contributed by atoms with Crippen LogP contribution >= 0.6 is 12.6 Å². The topological polar surface area (TPSA) is 186 Å². The monoisotopic (exact) mass is 641 g/mol. The van der Waals surface area contributed by atoms with Gasteiger partial charge in [-0.1, -0.05) is 20.8 Å². The molecular weight excluding hydrogens is 594 g/mol. The second-order valence-corrected chi connectivity index (χ2v) is 14.3. The number of aliphatic carboxylic acids is 2. The summed E-state index contributed by atoms with van der Waals surface area (Å²) in [6.07, 6.45) is 2.22. The van der Waals surface area contributed by atoms with E-state index < -0.39 is 29.4 Å². The Labute approximate surface area is 269 Å². The number of amides is 1. The predicted octanol–water partition coefficient (Wildman–Crippen LogP) is 3.16. The number of carboxylic acid groups (broad SMARTS) is 2. The molecule has 1 amide bonds. The third kappa shape index (κ3) is 6.02. The molecule has 246 valence electrons. The molecule has 1 unspecified atom stereocenters. The van der Waals surface area contributed by atoms with Gasteiger partial charge < -0.3 is 25.6 Å². The summed E-state index contributed by atoms with van der Waals surface area (Å²) in [5, 5.41) is 40.6. The summed E-state index contributed by atoms with van der Waals surface area (Å²) in [6, 6.07) is -0.00550. The maximum Gasteiger partial charge on any atom is 0.303 e. The molecule has 12 heteroatoms. The van der Waals surface area contributed by atoms with Gasteiger partial charge in [0.15, 0.2) is 0 Å². The number of fused-ring (bicyclic) bond motifs is 1. The molecule has 7 atom stereocenters. The molecule has 0 radical (unpaired) electrons. The molecular formula is C33H47N5O6S. The van der Waals surface area contributed by atoms with Crippen LogP contribution in [0.3, 0.4) is 0 Å². The first kappa shape index (κ1) is 33.4. The Morgan fingerprint density at radius 2 is 1.76 bits per heavy atom. The summed E-state index contributed by atoms with van der Waals surface area (Å²) < 4.78 is 0. The van der Waals surface area contributed by atoms with Crippen molar-refractivity contribution in [2.45, 2.75) is 122 Å². The number of nitrogens with zero attached hydrogens (tertiary/aromatic N) is 1. The Hall–Kier alpha value is -2.93. The normalized spacial score (nSPS) is 31.4. The lowest BCUT2D eigenvalue weighted by Crippen LogP contribution is -2.45. The first-order valence-electron chi connectivity index (χ1n) is 16.0. The summed E-state index contributed by atoms with van der Waals surface area (Å²) in [7, 11) is 0. The van der Waals surface area contributed by atoms with Crippen LogP contribution in [0.25, 0.3) is 0 Å². The van der Waals surface area contributed by atoms with E-state index in [9.17, 15) is 29.7 Å². The number of aliphatic hydroxyl groups is 1. The first-order chi connectivity index (χ1) is 21.1. The van der Waals surface area contributed by atoms with Gasteiger partial charge in [-0.2, -0.15) is 12.6 Å². The largest absolute Gasteiger partial charge is 0.481 e. The molecule has 2 fully saturated rings. The van der Waals surface area contributed by atoms with Crippen LogP contribution in [0.15, 0.2) is 27.4 Å². The Kier molecular flexibility index (Phi) is 9.18. The zero-order chi connectivity index (χ0) is 33.0. The van der Waals surface area contributed by atoms with Crippen LogP contribution in [0.5, 0.6) is 0 Å². The number of aliphatic hydroxyl groups excluding tert-OH is 1. The fourth-order valence-electron chi connectivity index (χ4n) is 8.17. The maximum absolute atomic E-state index is 12.4. The highest BCUT2D eigenvalue weighted by Gasteiger charge is 2.71. The van der Waals surface area contributed by atoms with Crippen molar-refractivity contribution in [3.63, 3.8) is 0 Å². The van der Waals surface area contributed by atoms with Gasteiger partial charge >= 0.3 is 11.9 Å². The summed E-state index contributed by atoms with van der Waals surface area (Å²) >= 11 is 4.74. The summed E-state index contributed by atoms with van der Waals surface area (Å²) in [4.78, 5) is 43.6. The van der Waals surface area contributed by atoms with Gasteiger partial charge in [0.05, 0.1) is 11.3 Å². The van der Waals surface area contributed by atoms with Crippen LogP contribution in [0.4, 0.5) is 0 Å². The van der Waals surface area contributed by atoms with Crippen molar-refractivity contribution in [1.82, 2.24) is 20.9 Å². The quantitative estimate of drug-likeness (QED) is 0.112. The van der Waals surface area contributed by atoms with E-state index in [0.29, 0.717) is 38.5 Å². The molecule has 2 saturated heterocycles. The van der Waals surface area contributed by atoms with E-state index in [1.807, 2.05) is 27.7 Å². The third-order valence-corrected chi connectivity index (χ3v) is 11.1. The van der Waals surface area contributed by atoms with Gasteiger partial charge in [-0.25, -0.2) is 4.99 Å². The molecule has 1 aromatic rings. The summed E-state index contributed by atoms with van der Waals surface area (Å²) in [5.74, 6) is -1.77. The van der Waals surface area contributed by atoms with Crippen molar-refractivity contribution in [3.05, 3.63) is 44.9 Å². The molecule has 0 aliphatic carbocycles. The standard InChI is InChI=1S/C33H47N5O6S/c1-7-19-15(2)23(35-31(19)44)12-22-16(3)20(8-10-27(39)40)24(34-22)13-25-21(9-11-28(41)42)32(6)33(37-25,38-32)14-26-29(18(5)45)17(4)30(43)36-26/h17-18,26,29-30,34,36-38,43,45H,7-14H2,1-6H3,(H,39,40)(H,41,42)/t17-,18?,26+,29+,30+,32-,33-/m1/s1. The number of allylic oxidation sites excluding steroid dienone is 2. The number of hydrogen-bond donors (Lipinski definition) is 8. The van der Waals surface area contributed by atoms with Crippen molar-refractivity contribution in [3.8, 4) is 0 Å². The van der Waals surface area contributed by atoms with Crippen LogP contribution in [-0.2, 0) is 33.6 Å². The summed E-state index contributed by atoms with van der Waals surface area (Å²) in [5.41, 5.74) is 6.96. The van der Waals surface area contributed by atoms with Crippen LogP contribution in [0.1, 0.15) is 89.2 Å². The molecule has 11 nitrogen and oxygen atoms in total. The number of aliphatic imine (C=N–C) groups is 1. The van der Waals surface area contributed by atoms with Crippen LogP contribution in [0.2, 0.25) is 0 Å². The van der Waals surface area contributed by atoms with Crippen molar-refractivity contribution in [2.75, 3.05) is 0 Å². The lowest BCUT2D eigenvalue weighted by Gasteiger charge is -2.28. The van der Waals surface area contributed by atoms with Gasteiger partial charge in [0, 0.05) is 72.0 Å². The molecule has 4 aliphatic heterocycles. The highest BCUT2D eigenvalue weighted by molar-refractivity contribution is 7.80. The zero-order valence-electron chi connectivity index (χ0n) is 27.0. The van der Waals surface area contributed by atoms with Gasteiger partial charge in [0.2, 0.25) is 0 Å². The predicted molar refractivity (Wildman–Crippen MR) is 174 cm³/mol. The maximum atomic E-state index is 12.4. The van der Waals surface area contributed by atoms with Crippen LogP contribution in [-0.4, -0.2) is 72.6 Å². The lowest BCUT2D eigenvalue weighted by molar-refractivity contribution is -0.138. The SMILES string of the molecule is CCC1=C(C)C(Cc2[nH]c(CC3=C(CCC(=O)O)[C@@]4(C)N[C@@]4(C[C@@H]4N[C@@H](O)[C@H](C)[C@H]4C(C)S)N3)c(CCC(=O)O)c2C)=NC1=O. The van der Waals surface area contributed by atoms with Crippen molar-refractivity contribution in [2.24, 2.45) is 16.8 Å². The van der Waals surface area contributed by atoms with Gasteiger partial charge in [-0.15, -0.1) is 0 Å². The van der Waals surface area contributed by atoms with Gasteiger partial charge in [0.1, 0.15) is 11.9 Å². The van der Waals surface area contributed by atoms with Gasteiger partial charge in [-0.05, 0) is 68.2 Å². The third-order valence-electron chi connectivity index (χ3n) is 10.8. The van der Waals surface area contributed by atoms with Crippen molar-refractivity contribution >= 4 is 36.2 Å². The van der Waals surface area contributed by atoms with Crippen molar-refractivity contribution < 1.29 is 29.7 Å². The molecule has 0 bridgehead atoms. The highest BCUT2D eigenvalue weighted by atomic mass is 32.1. The fraction of sp³-hybridized carbons (Fsp3) is 0.636. The number of carboxylic acids is 2. The average Bonchev–Trinajstić information content (AvgIpc) is 3.15. The summed E-state index contributed by atoms with van der Waals surface area (Å²) in [6.45, 7) is 12.0. The second kappa shape index (κ2) is 12.4. The Morgan fingerprint density at radius 3 is 2.36 bits per heavy atom. The van der Waals surface area contributed by atoms with Crippen molar-refractivity contribution in [1.29, 1.82) is 0 Å². The Morgan fingerprint density at radius 1 is 1.09 bits per heavy atom. The minimum absolute atomic E-state index is 0.00550. The van der Waals surface area contributed by atoms with Crippen LogP contribution < -0.4 is 16.0 Å². The molecule has 5 rings (SSSR count). The molecule has 45 heavy (non-hydrogen) atoms. The van der Waals surface area contributed by atoms with E-state index in [1.54, 1.807) is 0 Å². The number of rotatable bonds is 14. The number of H-pyrrole nitrogens is 1. The number of carbonyl (C=O) groups excluding carboxylic acids is 1. The number of thiol groups is 1.